The topological polar surface area (TPSA) is 46.2 Å². The maximum Gasteiger partial charge on any atom is 0.263 e. The Labute approximate surface area is 126 Å². The molecule has 0 saturated carbocycles. The molecule has 0 fully saturated rings. The van der Waals surface area contributed by atoms with Crippen LogP contribution in [-0.2, 0) is 10.0 Å². The van der Waals surface area contributed by atoms with Crippen molar-refractivity contribution in [3.8, 4) is 0 Å². The van der Waals surface area contributed by atoms with Crippen LogP contribution in [0.1, 0.15) is 11.1 Å². The van der Waals surface area contributed by atoms with Gasteiger partial charge in [0.25, 0.3) is 10.0 Å². The number of sulfonamides is 1. The Morgan fingerprint density at radius 3 is 2.40 bits per heavy atom. The molecule has 0 aliphatic rings. The Morgan fingerprint density at radius 1 is 1.10 bits per heavy atom. The van der Waals surface area contributed by atoms with Gasteiger partial charge in [-0.05, 0) is 71.2 Å². The summed E-state index contributed by atoms with van der Waals surface area (Å²) in [6.45, 7) is 3.52. The number of hydrogen-bond donors (Lipinski definition) is 1. The number of anilines is 1. The highest BCUT2D eigenvalue weighted by Crippen LogP contribution is 2.26. The zero-order valence-electron chi connectivity index (χ0n) is 10.9. The number of hydrogen-bond acceptors (Lipinski definition) is 2. The van der Waals surface area contributed by atoms with Gasteiger partial charge in [-0.15, -0.1) is 0 Å². The second-order valence-corrected chi connectivity index (χ2v) is 7.00. The molecule has 0 aliphatic heterocycles. The normalized spacial score (nSPS) is 11.4. The predicted molar refractivity (Wildman–Crippen MR) is 80.8 cm³/mol. The van der Waals surface area contributed by atoms with Crippen LogP contribution in [0.5, 0.6) is 0 Å². The number of aryl methyl sites for hydroxylation is 2. The molecule has 0 bridgehead atoms. The van der Waals surface area contributed by atoms with Gasteiger partial charge < -0.3 is 0 Å². The maximum absolute atomic E-state index is 13.0. The zero-order chi connectivity index (χ0) is 14.9. The minimum atomic E-state index is -3.72. The highest BCUT2D eigenvalue weighted by atomic mass is 79.9. The molecule has 2 aromatic carbocycles. The van der Waals surface area contributed by atoms with Crippen molar-refractivity contribution in [2.75, 3.05) is 4.72 Å². The summed E-state index contributed by atoms with van der Waals surface area (Å²) in [5.41, 5.74) is 1.84. The van der Waals surface area contributed by atoms with Gasteiger partial charge in [-0.3, -0.25) is 4.72 Å². The van der Waals surface area contributed by atoms with E-state index in [0.29, 0.717) is 15.7 Å². The summed E-state index contributed by atoms with van der Waals surface area (Å²) >= 11 is 3.25. The summed E-state index contributed by atoms with van der Waals surface area (Å²) < 4.78 is 40.7. The van der Waals surface area contributed by atoms with Crippen LogP contribution in [-0.4, -0.2) is 8.42 Å². The van der Waals surface area contributed by atoms with Gasteiger partial charge in [0.15, 0.2) is 0 Å². The largest absolute Gasteiger partial charge is 0.279 e. The monoisotopic (exact) mass is 357 g/mol. The summed E-state index contributed by atoms with van der Waals surface area (Å²) in [6, 6.07) is 8.88. The number of benzene rings is 2. The fourth-order valence-electron chi connectivity index (χ4n) is 1.77. The molecule has 2 aromatic rings. The van der Waals surface area contributed by atoms with Gasteiger partial charge in [-0.25, -0.2) is 12.8 Å². The Bertz CT molecular complexity index is 760. The molecule has 0 saturated heterocycles. The van der Waals surface area contributed by atoms with Gasteiger partial charge >= 0.3 is 0 Å². The van der Waals surface area contributed by atoms with Crippen LogP contribution in [0, 0.1) is 19.7 Å². The van der Waals surface area contributed by atoms with Crippen molar-refractivity contribution >= 4 is 31.6 Å². The Kier molecular flexibility index (Phi) is 4.15. The van der Waals surface area contributed by atoms with E-state index >= 15 is 0 Å². The molecule has 3 nitrogen and oxygen atoms in total. The molecule has 20 heavy (non-hydrogen) atoms. The smallest absolute Gasteiger partial charge is 0.263 e. The van der Waals surface area contributed by atoms with Crippen LogP contribution in [0.25, 0.3) is 0 Å². The fourth-order valence-corrected chi connectivity index (χ4v) is 4.09. The first-order valence-corrected chi connectivity index (χ1v) is 8.12. The summed E-state index contributed by atoms with van der Waals surface area (Å²) in [5.74, 6) is -0.401. The molecule has 106 valence electrons. The van der Waals surface area contributed by atoms with E-state index in [1.807, 2.05) is 6.92 Å². The predicted octanol–water partition coefficient (Wildman–Crippen LogP) is 4.01. The highest BCUT2D eigenvalue weighted by molar-refractivity contribution is 9.10. The van der Waals surface area contributed by atoms with Crippen LogP contribution in [0.4, 0.5) is 10.1 Å². The average molecular weight is 358 g/mol. The standard InChI is InChI=1S/C14H13BrFNO2S/c1-9-3-6-14(12(15)7-9)20(18,19)17-13-5-4-11(16)8-10(13)2/h3-8,17H,1-2H3. The average Bonchev–Trinajstić information content (AvgIpc) is 2.32. The summed E-state index contributed by atoms with van der Waals surface area (Å²) in [6.07, 6.45) is 0. The summed E-state index contributed by atoms with van der Waals surface area (Å²) in [5, 5.41) is 0. The van der Waals surface area contributed by atoms with Crippen LogP contribution in [0.3, 0.4) is 0 Å². The van der Waals surface area contributed by atoms with Gasteiger partial charge in [0.2, 0.25) is 0 Å². The van der Waals surface area contributed by atoms with Crippen LogP contribution in [0.15, 0.2) is 45.8 Å². The van der Waals surface area contributed by atoms with Crippen LogP contribution >= 0.6 is 15.9 Å². The third-order valence-electron chi connectivity index (χ3n) is 2.81. The van der Waals surface area contributed by atoms with Crippen LogP contribution in [0.2, 0.25) is 0 Å². The maximum atomic E-state index is 13.0. The molecular weight excluding hydrogens is 345 g/mol. The SMILES string of the molecule is Cc1ccc(S(=O)(=O)Nc2ccc(F)cc2C)c(Br)c1. The molecule has 0 unspecified atom stereocenters. The lowest BCUT2D eigenvalue weighted by Crippen LogP contribution is -2.14. The minimum Gasteiger partial charge on any atom is -0.279 e. The first-order valence-electron chi connectivity index (χ1n) is 5.85. The van der Waals surface area contributed by atoms with Crippen molar-refractivity contribution in [3.05, 3.63) is 57.8 Å². The quantitative estimate of drug-likeness (QED) is 0.901. The first kappa shape index (κ1) is 15.0. The van der Waals surface area contributed by atoms with Crippen molar-refractivity contribution in [2.24, 2.45) is 0 Å². The lowest BCUT2D eigenvalue weighted by atomic mass is 10.2. The van der Waals surface area contributed by atoms with E-state index in [-0.39, 0.29) is 4.90 Å². The van der Waals surface area contributed by atoms with Gasteiger partial charge in [-0.2, -0.15) is 0 Å². The zero-order valence-corrected chi connectivity index (χ0v) is 13.3. The molecule has 0 amide bonds. The lowest BCUT2D eigenvalue weighted by Gasteiger charge is -2.12. The highest BCUT2D eigenvalue weighted by Gasteiger charge is 2.18. The van der Waals surface area contributed by atoms with Crippen molar-refractivity contribution in [2.45, 2.75) is 18.7 Å². The number of halogens is 2. The fraction of sp³-hybridized carbons (Fsp3) is 0.143. The third kappa shape index (κ3) is 3.19. The van der Waals surface area contributed by atoms with Gasteiger partial charge in [0.05, 0.1) is 5.69 Å². The third-order valence-corrected chi connectivity index (χ3v) is 5.15. The molecule has 0 atom stereocenters. The van der Waals surface area contributed by atoms with Crippen molar-refractivity contribution in [1.29, 1.82) is 0 Å². The first-order chi connectivity index (χ1) is 9.29. The summed E-state index contributed by atoms with van der Waals surface area (Å²) in [4.78, 5) is 0.145. The summed E-state index contributed by atoms with van der Waals surface area (Å²) in [7, 11) is -3.72. The molecule has 0 spiro atoms. The number of rotatable bonds is 3. The number of nitrogens with one attached hydrogen (secondary N) is 1. The van der Waals surface area contributed by atoms with E-state index in [1.54, 1.807) is 19.1 Å². The van der Waals surface area contributed by atoms with Gasteiger partial charge in [0, 0.05) is 4.47 Å². The van der Waals surface area contributed by atoms with Gasteiger partial charge in [0.1, 0.15) is 10.7 Å². The van der Waals surface area contributed by atoms with Crippen molar-refractivity contribution in [3.63, 3.8) is 0 Å². The van der Waals surface area contributed by atoms with E-state index in [9.17, 15) is 12.8 Å². The second kappa shape index (κ2) is 5.54. The van der Waals surface area contributed by atoms with E-state index in [0.717, 1.165) is 5.56 Å². The van der Waals surface area contributed by atoms with E-state index < -0.39 is 15.8 Å². The Hall–Kier alpha value is -1.40. The molecule has 0 aromatic heterocycles. The molecule has 0 aliphatic carbocycles. The van der Waals surface area contributed by atoms with Crippen LogP contribution < -0.4 is 4.72 Å². The Morgan fingerprint density at radius 2 is 1.80 bits per heavy atom. The Balaban J connectivity index is 2.41. The lowest BCUT2D eigenvalue weighted by molar-refractivity contribution is 0.600. The van der Waals surface area contributed by atoms with E-state index in [1.165, 1.54) is 24.3 Å². The minimum absolute atomic E-state index is 0.145. The second-order valence-electron chi connectivity index (χ2n) is 4.50. The van der Waals surface area contributed by atoms with E-state index in [2.05, 4.69) is 20.7 Å². The molecule has 2 rings (SSSR count). The molecule has 0 radical (unpaired) electrons. The molecule has 0 heterocycles. The molecule has 6 heteroatoms. The van der Waals surface area contributed by atoms with Crippen molar-refractivity contribution in [1.82, 2.24) is 0 Å². The van der Waals surface area contributed by atoms with Crippen molar-refractivity contribution < 1.29 is 12.8 Å². The van der Waals surface area contributed by atoms with E-state index in [4.69, 9.17) is 0 Å². The van der Waals surface area contributed by atoms with Gasteiger partial charge in [-0.1, -0.05) is 6.07 Å². The molecule has 1 N–H and O–H groups in total. The molecular formula is C14H13BrFNO2S.